The number of hydrogen-bond acceptors (Lipinski definition) is 2. The van der Waals surface area contributed by atoms with E-state index in [1.165, 1.54) is 10.5 Å². The summed E-state index contributed by atoms with van der Waals surface area (Å²) in [4.78, 5) is 15.7. The maximum Gasteiger partial charge on any atom is 0.253 e. The standard InChI is InChI=1S/C19H24ClN3O/c1-22(2)15-11-9-14(10-12-15)18(23(3)4)13-21-19(24)16-7-5-6-8-17(16)20/h5-12,18H,13H2,1-4H3,(H,21,24)/p+1/t18-/m0/s1. The molecule has 0 aromatic heterocycles. The summed E-state index contributed by atoms with van der Waals surface area (Å²) in [6.07, 6.45) is 0. The van der Waals surface area contributed by atoms with E-state index in [9.17, 15) is 4.79 Å². The molecule has 0 unspecified atom stereocenters. The van der Waals surface area contributed by atoms with Crippen LogP contribution in [0.5, 0.6) is 0 Å². The number of amides is 1. The van der Waals surface area contributed by atoms with Gasteiger partial charge in [-0.2, -0.15) is 0 Å². The van der Waals surface area contributed by atoms with Crippen molar-refractivity contribution >= 4 is 23.2 Å². The number of anilines is 1. The lowest BCUT2D eigenvalue weighted by Gasteiger charge is -2.23. The fourth-order valence-electron chi connectivity index (χ4n) is 2.60. The summed E-state index contributed by atoms with van der Waals surface area (Å²) in [5, 5.41) is 3.47. The minimum Gasteiger partial charge on any atom is -0.378 e. The lowest BCUT2D eigenvalue weighted by atomic mass is 10.0. The van der Waals surface area contributed by atoms with Gasteiger partial charge in [-0.15, -0.1) is 0 Å². The molecular formula is C19H25ClN3O+. The van der Waals surface area contributed by atoms with Crippen LogP contribution in [0.25, 0.3) is 0 Å². The Kier molecular flexibility index (Phi) is 6.23. The quantitative estimate of drug-likeness (QED) is 0.839. The van der Waals surface area contributed by atoms with Crippen LogP contribution in [0.3, 0.4) is 0 Å². The molecule has 2 N–H and O–H groups in total. The molecule has 24 heavy (non-hydrogen) atoms. The third-order valence-electron chi connectivity index (χ3n) is 4.09. The maximum absolute atomic E-state index is 12.4. The molecule has 1 amide bonds. The van der Waals surface area contributed by atoms with Crippen molar-refractivity contribution in [3.8, 4) is 0 Å². The average molecular weight is 347 g/mol. The van der Waals surface area contributed by atoms with E-state index in [0.29, 0.717) is 17.1 Å². The molecule has 5 heteroatoms. The molecule has 0 aliphatic heterocycles. The third kappa shape index (κ3) is 4.49. The second-order valence-corrected chi connectivity index (χ2v) is 6.71. The smallest absolute Gasteiger partial charge is 0.253 e. The van der Waals surface area contributed by atoms with Crippen molar-refractivity contribution in [2.75, 3.05) is 39.6 Å². The molecule has 2 rings (SSSR count). The minimum absolute atomic E-state index is 0.142. The Morgan fingerprint density at radius 1 is 1.12 bits per heavy atom. The number of halogens is 1. The van der Waals surface area contributed by atoms with Crippen molar-refractivity contribution in [3.05, 3.63) is 64.7 Å². The predicted octanol–water partition coefficient (Wildman–Crippen LogP) is 2.02. The lowest BCUT2D eigenvalue weighted by molar-refractivity contribution is -0.890. The van der Waals surface area contributed by atoms with E-state index in [4.69, 9.17) is 11.6 Å². The molecule has 0 saturated carbocycles. The van der Waals surface area contributed by atoms with Gasteiger partial charge in [-0.3, -0.25) is 4.79 Å². The topological polar surface area (TPSA) is 36.8 Å². The summed E-state index contributed by atoms with van der Waals surface area (Å²) >= 11 is 6.09. The second kappa shape index (κ2) is 8.18. The largest absolute Gasteiger partial charge is 0.378 e. The Morgan fingerprint density at radius 3 is 2.29 bits per heavy atom. The maximum atomic E-state index is 12.4. The van der Waals surface area contributed by atoms with Gasteiger partial charge < -0.3 is 15.1 Å². The first kappa shape index (κ1) is 18.3. The number of nitrogens with zero attached hydrogens (tertiary/aromatic N) is 1. The van der Waals surface area contributed by atoms with E-state index < -0.39 is 0 Å². The Balaban J connectivity index is 2.09. The van der Waals surface area contributed by atoms with Crippen LogP contribution in [-0.2, 0) is 0 Å². The highest BCUT2D eigenvalue weighted by Crippen LogP contribution is 2.17. The van der Waals surface area contributed by atoms with Crippen LogP contribution in [-0.4, -0.2) is 40.6 Å². The van der Waals surface area contributed by atoms with Crippen LogP contribution in [0.2, 0.25) is 5.02 Å². The van der Waals surface area contributed by atoms with Crippen molar-refractivity contribution in [2.45, 2.75) is 6.04 Å². The highest BCUT2D eigenvalue weighted by molar-refractivity contribution is 6.33. The van der Waals surface area contributed by atoms with Gasteiger partial charge in [0, 0.05) is 25.3 Å². The number of rotatable bonds is 6. The highest BCUT2D eigenvalue weighted by Gasteiger charge is 2.20. The zero-order valence-electron chi connectivity index (χ0n) is 14.6. The number of carbonyl (C=O) groups excluding carboxylic acids is 1. The molecule has 0 fully saturated rings. The van der Waals surface area contributed by atoms with Crippen molar-refractivity contribution in [1.82, 2.24) is 5.32 Å². The predicted molar refractivity (Wildman–Crippen MR) is 100 cm³/mol. The first-order chi connectivity index (χ1) is 11.4. The third-order valence-corrected chi connectivity index (χ3v) is 4.42. The van der Waals surface area contributed by atoms with Gasteiger partial charge in [-0.1, -0.05) is 35.9 Å². The molecule has 0 radical (unpaired) electrons. The van der Waals surface area contributed by atoms with Gasteiger partial charge in [-0.05, 0) is 24.3 Å². The van der Waals surface area contributed by atoms with Crippen molar-refractivity contribution < 1.29 is 9.69 Å². The molecule has 0 bridgehead atoms. The molecule has 2 aromatic carbocycles. The van der Waals surface area contributed by atoms with E-state index in [1.807, 2.05) is 26.2 Å². The molecule has 0 aliphatic rings. The zero-order valence-corrected chi connectivity index (χ0v) is 15.4. The molecule has 0 aliphatic carbocycles. The van der Waals surface area contributed by atoms with Crippen LogP contribution < -0.4 is 15.1 Å². The SMILES string of the molecule is CN(C)c1ccc([C@H](CNC(=O)c2ccccc2Cl)[NH+](C)C)cc1. The first-order valence-corrected chi connectivity index (χ1v) is 8.38. The highest BCUT2D eigenvalue weighted by atomic mass is 35.5. The fourth-order valence-corrected chi connectivity index (χ4v) is 2.82. The van der Waals surface area contributed by atoms with Gasteiger partial charge in [0.15, 0.2) is 0 Å². The molecule has 0 saturated heterocycles. The molecular weight excluding hydrogens is 322 g/mol. The summed E-state index contributed by atoms with van der Waals surface area (Å²) in [5.74, 6) is -0.142. The second-order valence-electron chi connectivity index (χ2n) is 6.31. The van der Waals surface area contributed by atoms with Crippen LogP contribution in [0.4, 0.5) is 5.69 Å². The number of likely N-dealkylation sites (N-methyl/N-ethyl adjacent to an activating group) is 1. The van der Waals surface area contributed by atoms with Crippen LogP contribution in [0, 0.1) is 0 Å². The van der Waals surface area contributed by atoms with Gasteiger partial charge >= 0.3 is 0 Å². The van der Waals surface area contributed by atoms with E-state index in [2.05, 4.69) is 48.6 Å². The number of nitrogens with one attached hydrogen (secondary N) is 2. The average Bonchev–Trinajstić information content (AvgIpc) is 2.55. The van der Waals surface area contributed by atoms with Gasteiger partial charge in [0.05, 0.1) is 31.2 Å². The van der Waals surface area contributed by atoms with E-state index in [-0.39, 0.29) is 11.9 Å². The minimum atomic E-state index is -0.142. The Bertz CT molecular complexity index is 683. The number of hydrogen-bond donors (Lipinski definition) is 2. The van der Waals surface area contributed by atoms with Crippen LogP contribution in [0.15, 0.2) is 48.5 Å². The molecule has 0 heterocycles. The van der Waals surface area contributed by atoms with E-state index in [0.717, 1.165) is 5.69 Å². The normalized spacial score (nSPS) is 12.1. The molecule has 128 valence electrons. The number of quaternary nitrogens is 1. The molecule has 1 atom stereocenters. The summed E-state index contributed by atoms with van der Waals surface area (Å²) in [5.41, 5.74) is 2.86. The summed E-state index contributed by atoms with van der Waals surface area (Å²) in [7, 11) is 8.22. The molecule has 4 nitrogen and oxygen atoms in total. The van der Waals surface area contributed by atoms with E-state index in [1.54, 1.807) is 12.1 Å². The van der Waals surface area contributed by atoms with Gasteiger partial charge in [0.2, 0.25) is 0 Å². The van der Waals surface area contributed by atoms with Gasteiger partial charge in [0.25, 0.3) is 5.91 Å². The van der Waals surface area contributed by atoms with Crippen LogP contribution >= 0.6 is 11.6 Å². The zero-order chi connectivity index (χ0) is 17.7. The molecule has 0 spiro atoms. The Labute approximate surface area is 149 Å². The Hall–Kier alpha value is -2.04. The number of carbonyl (C=O) groups is 1. The lowest BCUT2D eigenvalue weighted by Crippen LogP contribution is -3.07. The van der Waals surface area contributed by atoms with Crippen molar-refractivity contribution in [3.63, 3.8) is 0 Å². The first-order valence-electron chi connectivity index (χ1n) is 8.00. The monoisotopic (exact) mass is 346 g/mol. The van der Waals surface area contributed by atoms with Gasteiger partial charge in [-0.25, -0.2) is 0 Å². The van der Waals surface area contributed by atoms with Crippen LogP contribution in [0.1, 0.15) is 22.0 Å². The fraction of sp³-hybridized carbons (Fsp3) is 0.316. The Morgan fingerprint density at radius 2 is 1.75 bits per heavy atom. The van der Waals surface area contributed by atoms with Gasteiger partial charge in [0.1, 0.15) is 6.04 Å². The van der Waals surface area contributed by atoms with E-state index >= 15 is 0 Å². The summed E-state index contributed by atoms with van der Waals surface area (Å²) in [6, 6.07) is 15.7. The summed E-state index contributed by atoms with van der Waals surface area (Å²) in [6.45, 7) is 0.549. The number of benzene rings is 2. The molecule has 2 aromatic rings. The van der Waals surface area contributed by atoms with Crippen molar-refractivity contribution in [2.24, 2.45) is 0 Å². The van der Waals surface area contributed by atoms with Crippen molar-refractivity contribution in [1.29, 1.82) is 0 Å². The summed E-state index contributed by atoms with van der Waals surface area (Å²) < 4.78 is 0.